The first kappa shape index (κ1) is 21.6. The molecule has 158 valence electrons. The van der Waals surface area contributed by atoms with Crippen molar-refractivity contribution in [2.75, 3.05) is 7.11 Å². The summed E-state index contributed by atoms with van der Waals surface area (Å²) in [4.78, 5) is 13.3. The molecule has 32 heavy (non-hydrogen) atoms. The Balaban J connectivity index is 1.70. The highest BCUT2D eigenvalue weighted by molar-refractivity contribution is 6.30. The van der Waals surface area contributed by atoms with Gasteiger partial charge in [-0.1, -0.05) is 72.3 Å². The van der Waals surface area contributed by atoms with Gasteiger partial charge in [-0.25, -0.2) is 0 Å². The van der Waals surface area contributed by atoms with Crippen molar-refractivity contribution in [1.29, 1.82) is 5.26 Å². The van der Waals surface area contributed by atoms with Crippen LogP contribution in [0.25, 0.3) is 10.8 Å². The minimum Gasteiger partial charge on any atom is -0.497 e. The van der Waals surface area contributed by atoms with Gasteiger partial charge in [0.25, 0.3) is 0 Å². The number of hydrogen-bond acceptors (Lipinski definition) is 3. The number of halogens is 1. The van der Waals surface area contributed by atoms with Crippen molar-refractivity contribution in [3.05, 3.63) is 113 Å². The maximum atomic E-state index is 13.3. The number of carbonyl (C=O) groups excluding carboxylic acids is 1. The molecule has 0 aliphatic carbocycles. The molecule has 0 aliphatic rings. The van der Waals surface area contributed by atoms with Gasteiger partial charge < -0.3 is 4.74 Å². The number of hydrogen-bond donors (Lipinski definition) is 0. The molecule has 3 nitrogen and oxygen atoms in total. The van der Waals surface area contributed by atoms with Crippen molar-refractivity contribution in [3.63, 3.8) is 0 Å². The van der Waals surface area contributed by atoms with Gasteiger partial charge in [0.05, 0.1) is 19.1 Å². The molecule has 0 N–H and O–H groups in total. The zero-order valence-corrected chi connectivity index (χ0v) is 18.4. The third-order valence-electron chi connectivity index (χ3n) is 5.79. The summed E-state index contributed by atoms with van der Waals surface area (Å²) < 4.78 is 5.28. The molecular weight excluding hydrogens is 418 g/mol. The van der Waals surface area contributed by atoms with Crippen LogP contribution < -0.4 is 4.74 Å². The van der Waals surface area contributed by atoms with E-state index in [1.54, 1.807) is 19.2 Å². The Morgan fingerprint density at radius 2 is 1.56 bits per heavy atom. The molecule has 0 aliphatic heterocycles. The highest BCUT2D eigenvalue weighted by Crippen LogP contribution is 2.37. The van der Waals surface area contributed by atoms with Gasteiger partial charge in [-0.2, -0.15) is 5.26 Å². The van der Waals surface area contributed by atoms with Gasteiger partial charge >= 0.3 is 0 Å². The topological polar surface area (TPSA) is 50.1 Å². The van der Waals surface area contributed by atoms with Gasteiger partial charge in [0.2, 0.25) is 0 Å². The summed E-state index contributed by atoms with van der Waals surface area (Å²) in [5.41, 5.74) is 2.40. The number of benzene rings is 4. The van der Waals surface area contributed by atoms with E-state index in [2.05, 4.69) is 6.07 Å². The summed E-state index contributed by atoms with van der Waals surface area (Å²) in [6.45, 7) is 0. The van der Waals surface area contributed by atoms with Gasteiger partial charge in [-0.3, -0.25) is 4.79 Å². The summed E-state index contributed by atoms with van der Waals surface area (Å²) in [6, 6.07) is 31.0. The number of nitrogens with zero attached hydrogens (tertiary/aromatic N) is 1. The highest BCUT2D eigenvalue weighted by Gasteiger charge is 2.28. The first-order valence-corrected chi connectivity index (χ1v) is 10.8. The molecule has 4 rings (SSSR count). The van der Waals surface area contributed by atoms with Crippen LogP contribution in [0, 0.1) is 11.3 Å². The Morgan fingerprint density at radius 3 is 2.22 bits per heavy atom. The van der Waals surface area contributed by atoms with Gasteiger partial charge in [0, 0.05) is 22.9 Å². The van der Waals surface area contributed by atoms with E-state index in [4.69, 9.17) is 16.3 Å². The van der Waals surface area contributed by atoms with E-state index < -0.39 is 5.92 Å². The Hall–Kier alpha value is -3.61. The number of carbonyl (C=O) groups is 1. The first-order valence-electron chi connectivity index (χ1n) is 10.4. The molecule has 0 bridgehead atoms. The fraction of sp³-hybridized carbons (Fsp3) is 0.143. The van der Waals surface area contributed by atoms with E-state index in [1.165, 1.54) is 0 Å². The van der Waals surface area contributed by atoms with Crippen LogP contribution in [0.4, 0.5) is 0 Å². The number of methoxy groups -OCH3 is 1. The van der Waals surface area contributed by atoms with E-state index in [-0.39, 0.29) is 18.1 Å². The van der Waals surface area contributed by atoms with Crippen LogP contribution in [-0.4, -0.2) is 12.9 Å². The van der Waals surface area contributed by atoms with Crippen molar-refractivity contribution in [3.8, 4) is 11.8 Å². The lowest BCUT2D eigenvalue weighted by Crippen LogP contribution is -2.15. The largest absolute Gasteiger partial charge is 0.497 e. The lowest BCUT2D eigenvalue weighted by atomic mass is 9.78. The van der Waals surface area contributed by atoms with Crippen LogP contribution >= 0.6 is 11.6 Å². The summed E-state index contributed by atoms with van der Waals surface area (Å²) in [5, 5.41) is 12.8. The van der Waals surface area contributed by atoms with Crippen LogP contribution in [0.15, 0.2) is 91.0 Å². The monoisotopic (exact) mass is 439 g/mol. The number of ketones is 1. The van der Waals surface area contributed by atoms with Crippen LogP contribution in [0.1, 0.15) is 39.7 Å². The quantitative estimate of drug-likeness (QED) is 0.287. The standard InChI is InChI=1S/C28H22ClNO2/c1-32-25-14-10-20(11-15-25)26(27(18-30)21-8-12-24(29)13-9-21)17-28(31)23-7-6-19-4-2-3-5-22(19)16-23/h2-16,26-27H,17H2,1H3/t26-,27+/m1/s1. The number of fused-ring (bicyclic) bond motifs is 1. The molecular formula is C28H22ClNO2. The molecule has 0 spiro atoms. The van der Waals surface area contributed by atoms with Crippen molar-refractivity contribution in [2.45, 2.75) is 18.3 Å². The number of Topliss-reactive ketones (excluding diaryl/α,β-unsaturated/α-hetero) is 1. The molecule has 2 atom stereocenters. The Morgan fingerprint density at radius 1 is 0.906 bits per heavy atom. The van der Waals surface area contributed by atoms with E-state index in [1.807, 2.05) is 78.9 Å². The summed E-state index contributed by atoms with van der Waals surface area (Å²) in [5.74, 6) is -0.0738. The fourth-order valence-electron chi connectivity index (χ4n) is 4.03. The third kappa shape index (κ3) is 4.66. The predicted octanol–water partition coefficient (Wildman–Crippen LogP) is 7.17. The zero-order valence-electron chi connectivity index (χ0n) is 17.7. The molecule has 0 aromatic heterocycles. The fourth-order valence-corrected chi connectivity index (χ4v) is 4.15. The SMILES string of the molecule is COc1ccc([C@@H](CC(=O)c2ccc3ccccc3c2)[C@@H](C#N)c2ccc(Cl)cc2)cc1. The Kier molecular flexibility index (Phi) is 6.54. The van der Waals surface area contributed by atoms with Crippen molar-refractivity contribution in [1.82, 2.24) is 0 Å². The number of rotatable bonds is 7. The van der Waals surface area contributed by atoms with Crippen LogP contribution in [0.2, 0.25) is 5.02 Å². The second-order valence-corrected chi connectivity index (χ2v) is 8.16. The van der Waals surface area contributed by atoms with Crippen LogP contribution in [0.5, 0.6) is 5.75 Å². The van der Waals surface area contributed by atoms with Gasteiger partial charge in [0.1, 0.15) is 5.75 Å². The molecule has 4 aromatic rings. The zero-order chi connectivity index (χ0) is 22.5. The minimum absolute atomic E-state index is 0.00536. The molecule has 4 heteroatoms. The molecule has 0 unspecified atom stereocenters. The Labute approximate surface area is 192 Å². The van der Waals surface area contributed by atoms with Crippen LogP contribution in [0.3, 0.4) is 0 Å². The van der Waals surface area contributed by atoms with Crippen molar-refractivity contribution < 1.29 is 9.53 Å². The van der Waals surface area contributed by atoms with Gasteiger partial charge in [-0.15, -0.1) is 0 Å². The molecule has 0 saturated carbocycles. The van der Waals surface area contributed by atoms with E-state index in [0.717, 1.165) is 27.6 Å². The average molecular weight is 440 g/mol. The smallest absolute Gasteiger partial charge is 0.163 e. The molecule has 0 radical (unpaired) electrons. The normalized spacial score (nSPS) is 12.7. The van der Waals surface area contributed by atoms with E-state index in [9.17, 15) is 10.1 Å². The lowest BCUT2D eigenvalue weighted by Gasteiger charge is -2.23. The summed E-state index contributed by atoms with van der Waals surface area (Å²) >= 11 is 6.05. The maximum absolute atomic E-state index is 13.3. The first-order chi connectivity index (χ1) is 15.6. The number of ether oxygens (including phenoxy) is 1. The molecule has 0 saturated heterocycles. The van der Waals surface area contributed by atoms with Gasteiger partial charge in [0.15, 0.2) is 5.78 Å². The minimum atomic E-state index is -0.495. The maximum Gasteiger partial charge on any atom is 0.163 e. The van der Waals surface area contributed by atoms with Gasteiger partial charge in [-0.05, 0) is 52.2 Å². The second kappa shape index (κ2) is 9.68. The van der Waals surface area contributed by atoms with E-state index in [0.29, 0.717) is 10.6 Å². The van der Waals surface area contributed by atoms with Crippen LogP contribution in [-0.2, 0) is 0 Å². The second-order valence-electron chi connectivity index (χ2n) is 7.73. The predicted molar refractivity (Wildman–Crippen MR) is 128 cm³/mol. The van der Waals surface area contributed by atoms with Crippen molar-refractivity contribution in [2.24, 2.45) is 0 Å². The molecule has 0 amide bonds. The highest BCUT2D eigenvalue weighted by atomic mass is 35.5. The van der Waals surface area contributed by atoms with E-state index >= 15 is 0 Å². The van der Waals surface area contributed by atoms with Crippen molar-refractivity contribution >= 4 is 28.2 Å². The molecule has 4 aromatic carbocycles. The average Bonchev–Trinajstić information content (AvgIpc) is 2.84. The summed E-state index contributed by atoms with van der Waals surface area (Å²) in [7, 11) is 1.61. The third-order valence-corrected chi connectivity index (χ3v) is 6.04. The molecule has 0 fully saturated rings. The molecule has 0 heterocycles. The lowest BCUT2D eigenvalue weighted by molar-refractivity contribution is 0.0972. The number of nitriles is 1. The Bertz CT molecular complexity index is 1270. The summed E-state index contributed by atoms with van der Waals surface area (Å²) in [6.07, 6.45) is 0.214.